The topological polar surface area (TPSA) is 28.7 Å². The molecule has 0 unspecified atom stereocenters. The molecule has 2 nitrogen and oxygen atoms in total. The molecule has 1 N–H and O–H groups in total. The summed E-state index contributed by atoms with van der Waals surface area (Å²) < 4.78 is 12.7. The molecule has 14 heavy (non-hydrogen) atoms. The predicted molar refractivity (Wildman–Crippen MR) is 54.1 cm³/mol. The van der Waals surface area contributed by atoms with Gasteiger partial charge in [0.15, 0.2) is 0 Å². The van der Waals surface area contributed by atoms with Crippen molar-refractivity contribution in [2.45, 2.75) is 0 Å². The minimum absolute atomic E-state index is 0.242. The van der Waals surface area contributed by atoms with Gasteiger partial charge in [0.25, 0.3) is 0 Å². The molecule has 0 aliphatic rings. The summed E-state index contributed by atoms with van der Waals surface area (Å²) in [5.74, 6) is -0.242. The first-order valence-corrected chi connectivity index (χ1v) is 4.23. The molecule has 0 atom stereocenters. The van der Waals surface area contributed by atoms with E-state index >= 15 is 0 Å². The monoisotopic (exact) mass is 188 g/mol. The Morgan fingerprint density at radius 1 is 1.29 bits per heavy atom. The van der Waals surface area contributed by atoms with E-state index in [2.05, 4.69) is 16.8 Å². The average Bonchev–Trinajstić information content (AvgIpc) is 2.67. The Morgan fingerprint density at radius 3 is 2.64 bits per heavy atom. The van der Waals surface area contributed by atoms with Crippen LogP contribution in [0.2, 0.25) is 0 Å². The number of H-pyrrole nitrogens is 1. The van der Waals surface area contributed by atoms with Gasteiger partial charge in [-0.2, -0.15) is 5.10 Å². The van der Waals surface area contributed by atoms with E-state index in [1.807, 2.05) is 0 Å². The number of nitrogens with one attached hydrogen (secondary N) is 1. The van der Waals surface area contributed by atoms with Crippen LogP contribution in [0.15, 0.2) is 37.0 Å². The molecule has 3 heteroatoms. The van der Waals surface area contributed by atoms with Crippen molar-refractivity contribution >= 4 is 6.08 Å². The predicted octanol–water partition coefficient (Wildman–Crippen LogP) is 2.86. The molecule has 0 aliphatic carbocycles. The van der Waals surface area contributed by atoms with Crippen LogP contribution in [-0.4, -0.2) is 10.2 Å². The van der Waals surface area contributed by atoms with E-state index in [1.54, 1.807) is 24.4 Å². The normalized spacial score (nSPS) is 10.1. The van der Waals surface area contributed by atoms with Gasteiger partial charge < -0.3 is 0 Å². The summed E-state index contributed by atoms with van der Waals surface area (Å²) in [5.41, 5.74) is 2.68. The quantitative estimate of drug-likeness (QED) is 0.771. The summed E-state index contributed by atoms with van der Waals surface area (Å²) in [6.07, 6.45) is 3.40. The first kappa shape index (κ1) is 8.69. The highest BCUT2D eigenvalue weighted by atomic mass is 19.1. The summed E-state index contributed by atoms with van der Waals surface area (Å²) >= 11 is 0. The van der Waals surface area contributed by atoms with Crippen LogP contribution in [0.4, 0.5) is 4.39 Å². The van der Waals surface area contributed by atoms with Crippen molar-refractivity contribution in [2.24, 2.45) is 0 Å². The number of benzene rings is 1. The highest BCUT2D eigenvalue weighted by Gasteiger charge is 2.04. The fourth-order valence-corrected chi connectivity index (χ4v) is 1.30. The summed E-state index contributed by atoms with van der Waals surface area (Å²) in [5, 5.41) is 6.75. The van der Waals surface area contributed by atoms with E-state index in [-0.39, 0.29) is 5.82 Å². The second-order valence-corrected chi connectivity index (χ2v) is 2.91. The fraction of sp³-hybridized carbons (Fsp3) is 0. The molecular weight excluding hydrogens is 179 g/mol. The Morgan fingerprint density at radius 2 is 2.00 bits per heavy atom. The molecule has 0 spiro atoms. The van der Waals surface area contributed by atoms with E-state index in [9.17, 15) is 4.39 Å². The van der Waals surface area contributed by atoms with Gasteiger partial charge in [0.1, 0.15) is 5.82 Å². The number of halogens is 1. The highest BCUT2D eigenvalue weighted by molar-refractivity contribution is 5.70. The molecule has 0 fully saturated rings. The number of nitrogens with zero attached hydrogens (tertiary/aromatic N) is 1. The minimum Gasteiger partial charge on any atom is -0.277 e. The Labute approximate surface area is 81.1 Å². The zero-order valence-corrected chi connectivity index (χ0v) is 7.50. The Kier molecular flexibility index (Phi) is 2.14. The van der Waals surface area contributed by atoms with Crippen molar-refractivity contribution in [3.63, 3.8) is 0 Å². The lowest BCUT2D eigenvalue weighted by molar-refractivity contribution is 0.628. The molecule has 1 aromatic heterocycles. The second kappa shape index (κ2) is 3.46. The van der Waals surface area contributed by atoms with E-state index in [4.69, 9.17) is 0 Å². The van der Waals surface area contributed by atoms with Crippen LogP contribution in [0.3, 0.4) is 0 Å². The Hall–Kier alpha value is -1.90. The zero-order valence-electron chi connectivity index (χ0n) is 7.50. The van der Waals surface area contributed by atoms with E-state index in [0.717, 1.165) is 16.8 Å². The van der Waals surface area contributed by atoms with Crippen molar-refractivity contribution in [2.75, 3.05) is 0 Å². The smallest absolute Gasteiger partial charge is 0.123 e. The van der Waals surface area contributed by atoms with Crippen LogP contribution in [0, 0.1) is 5.82 Å². The average molecular weight is 188 g/mol. The molecule has 2 rings (SSSR count). The van der Waals surface area contributed by atoms with Crippen molar-refractivity contribution in [3.8, 4) is 11.3 Å². The van der Waals surface area contributed by atoms with Crippen molar-refractivity contribution in [1.29, 1.82) is 0 Å². The first-order chi connectivity index (χ1) is 6.81. The number of rotatable bonds is 2. The SMILES string of the molecule is C=Cc1cn[nH]c1-c1ccc(F)cc1. The summed E-state index contributed by atoms with van der Waals surface area (Å²) in [4.78, 5) is 0. The molecule has 0 saturated carbocycles. The molecule has 70 valence electrons. The highest BCUT2D eigenvalue weighted by Crippen LogP contribution is 2.21. The van der Waals surface area contributed by atoms with E-state index in [1.165, 1.54) is 12.1 Å². The minimum atomic E-state index is -0.242. The number of aromatic amines is 1. The molecular formula is C11H9FN2. The lowest BCUT2D eigenvalue weighted by atomic mass is 10.1. The summed E-state index contributed by atoms with van der Waals surface area (Å²) in [6.45, 7) is 3.67. The molecule has 0 radical (unpaired) electrons. The number of hydrogen-bond donors (Lipinski definition) is 1. The van der Waals surface area contributed by atoms with Crippen LogP contribution in [0.25, 0.3) is 17.3 Å². The van der Waals surface area contributed by atoms with Gasteiger partial charge in [-0.05, 0) is 24.3 Å². The van der Waals surface area contributed by atoms with Gasteiger partial charge in [0.05, 0.1) is 11.9 Å². The van der Waals surface area contributed by atoms with Crippen LogP contribution in [0.1, 0.15) is 5.56 Å². The van der Waals surface area contributed by atoms with Gasteiger partial charge >= 0.3 is 0 Å². The lowest BCUT2D eigenvalue weighted by Crippen LogP contribution is -1.81. The maximum atomic E-state index is 12.7. The van der Waals surface area contributed by atoms with Gasteiger partial charge in [0.2, 0.25) is 0 Å². The van der Waals surface area contributed by atoms with Gasteiger partial charge in [-0.1, -0.05) is 12.7 Å². The van der Waals surface area contributed by atoms with Gasteiger partial charge in [0, 0.05) is 11.1 Å². The third-order valence-electron chi connectivity index (χ3n) is 2.02. The van der Waals surface area contributed by atoms with Gasteiger partial charge in [-0.25, -0.2) is 4.39 Å². The summed E-state index contributed by atoms with van der Waals surface area (Å²) in [6, 6.07) is 6.25. The van der Waals surface area contributed by atoms with Crippen molar-refractivity contribution in [3.05, 3.63) is 48.4 Å². The standard InChI is InChI=1S/C11H9FN2/c1-2-8-7-13-14-11(8)9-3-5-10(12)6-4-9/h2-7H,1H2,(H,13,14). The largest absolute Gasteiger partial charge is 0.277 e. The molecule has 1 heterocycles. The third kappa shape index (κ3) is 1.44. The van der Waals surface area contributed by atoms with Crippen molar-refractivity contribution in [1.82, 2.24) is 10.2 Å². The zero-order chi connectivity index (χ0) is 9.97. The lowest BCUT2D eigenvalue weighted by Gasteiger charge is -1.98. The third-order valence-corrected chi connectivity index (χ3v) is 2.02. The molecule has 0 amide bonds. The van der Waals surface area contributed by atoms with Gasteiger partial charge in [-0.3, -0.25) is 5.10 Å². The fourth-order valence-electron chi connectivity index (χ4n) is 1.30. The number of aromatic nitrogens is 2. The van der Waals surface area contributed by atoms with Crippen LogP contribution < -0.4 is 0 Å². The van der Waals surface area contributed by atoms with Crippen LogP contribution >= 0.6 is 0 Å². The van der Waals surface area contributed by atoms with E-state index in [0.29, 0.717) is 0 Å². The molecule has 2 aromatic rings. The number of hydrogen-bond acceptors (Lipinski definition) is 1. The molecule has 0 aliphatic heterocycles. The second-order valence-electron chi connectivity index (χ2n) is 2.91. The molecule has 0 bridgehead atoms. The van der Waals surface area contributed by atoms with Crippen molar-refractivity contribution < 1.29 is 4.39 Å². The van der Waals surface area contributed by atoms with Crippen LogP contribution in [-0.2, 0) is 0 Å². The molecule has 0 saturated heterocycles. The Bertz CT molecular complexity index is 443. The molecule has 1 aromatic carbocycles. The maximum Gasteiger partial charge on any atom is 0.123 e. The first-order valence-electron chi connectivity index (χ1n) is 4.23. The Balaban J connectivity index is 2.49. The van der Waals surface area contributed by atoms with Gasteiger partial charge in [-0.15, -0.1) is 0 Å². The summed E-state index contributed by atoms with van der Waals surface area (Å²) in [7, 11) is 0. The maximum absolute atomic E-state index is 12.7. The van der Waals surface area contributed by atoms with Crippen LogP contribution in [0.5, 0.6) is 0 Å². The van der Waals surface area contributed by atoms with E-state index < -0.39 is 0 Å².